The smallest absolute Gasteiger partial charge is 0.325 e. The van der Waals surface area contributed by atoms with Gasteiger partial charge in [-0.25, -0.2) is 0 Å². The van der Waals surface area contributed by atoms with Gasteiger partial charge in [-0.2, -0.15) is 0 Å². The topological polar surface area (TPSA) is 55.4 Å². The van der Waals surface area contributed by atoms with Gasteiger partial charge in [0.05, 0.1) is 6.61 Å². The lowest BCUT2D eigenvalue weighted by molar-refractivity contribution is -0.144. The van der Waals surface area contributed by atoms with Crippen LogP contribution in [0.5, 0.6) is 0 Å². The van der Waals surface area contributed by atoms with Crippen LogP contribution >= 0.6 is 0 Å². The molecule has 0 saturated heterocycles. The van der Waals surface area contributed by atoms with Crippen molar-refractivity contribution >= 4 is 11.9 Å². The molecule has 0 fully saturated rings. The van der Waals surface area contributed by atoms with Crippen LogP contribution in [0.25, 0.3) is 0 Å². The Hall–Kier alpha value is -1.06. The molecule has 0 radical (unpaired) electrons. The Bertz CT molecular complexity index is 211. The van der Waals surface area contributed by atoms with Gasteiger partial charge in [-0.15, -0.1) is 0 Å². The zero-order chi connectivity index (χ0) is 11.2. The fraction of sp³-hybridized carbons (Fsp3) is 0.800. The summed E-state index contributed by atoms with van der Waals surface area (Å²) in [7, 11) is 0. The van der Waals surface area contributed by atoms with Crippen molar-refractivity contribution in [2.45, 2.75) is 34.1 Å². The van der Waals surface area contributed by atoms with Crippen LogP contribution in [-0.2, 0) is 14.3 Å². The summed E-state index contributed by atoms with van der Waals surface area (Å²) < 4.78 is 4.68. The highest BCUT2D eigenvalue weighted by Gasteiger charge is 2.25. The van der Waals surface area contributed by atoms with Crippen LogP contribution in [0.4, 0.5) is 0 Å². The normalized spacial score (nSPS) is 10.9. The van der Waals surface area contributed by atoms with Gasteiger partial charge < -0.3 is 10.1 Å². The highest BCUT2D eigenvalue weighted by Crippen LogP contribution is 2.18. The molecular formula is C10H19NO3. The van der Waals surface area contributed by atoms with E-state index in [2.05, 4.69) is 10.1 Å². The van der Waals surface area contributed by atoms with Crippen molar-refractivity contribution in [1.82, 2.24) is 5.32 Å². The van der Waals surface area contributed by atoms with Crippen LogP contribution in [0.1, 0.15) is 34.1 Å². The van der Waals surface area contributed by atoms with Crippen molar-refractivity contribution in [3.63, 3.8) is 0 Å². The van der Waals surface area contributed by atoms with Crippen molar-refractivity contribution in [2.75, 3.05) is 13.2 Å². The van der Waals surface area contributed by atoms with E-state index in [1.807, 2.05) is 20.8 Å². The first-order valence-corrected chi connectivity index (χ1v) is 4.88. The third-order valence-corrected chi connectivity index (χ3v) is 2.20. The van der Waals surface area contributed by atoms with E-state index < -0.39 is 11.4 Å². The molecule has 0 rings (SSSR count). The summed E-state index contributed by atoms with van der Waals surface area (Å²) in [5.41, 5.74) is -0.424. The maximum Gasteiger partial charge on any atom is 0.325 e. The molecule has 0 heterocycles. The molecule has 14 heavy (non-hydrogen) atoms. The fourth-order valence-electron chi connectivity index (χ4n) is 0.764. The van der Waals surface area contributed by atoms with Gasteiger partial charge in [0.1, 0.15) is 6.54 Å². The largest absolute Gasteiger partial charge is 0.465 e. The van der Waals surface area contributed by atoms with Gasteiger partial charge in [0, 0.05) is 5.41 Å². The van der Waals surface area contributed by atoms with E-state index >= 15 is 0 Å². The molecule has 0 saturated carbocycles. The Morgan fingerprint density at radius 2 is 1.86 bits per heavy atom. The fourth-order valence-corrected chi connectivity index (χ4v) is 0.764. The third kappa shape index (κ3) is 4.25. The quantitative estimate of drug-likeness (QED) is 0.678. The van der Waals surface area contributed by atoms with Crippen LogP contribution in [0.2, 0.25) is 0 Å². The predicted molar refractivity (Wildman–Crippen MR) is 53.7 cm³/mol. The first kappa shape index (κ1) is 12.9. The molecule has 0 aromatic rings. The van der Waals surface area contributed by atoms with E-state index in [9.17, 15) is 9.59 Å². The molecule has 4 heteroatoms. The Morgan fingerprint density at radius 3 is 2.29 bits per heavy atom. The molecule has 0 aliphatic rings. The molecule has 1 amide bonds. The first-order chi connectivity index (χ1) is 6.44. The Balaban J connectivity index is 3.91. The second-order valence-electron chi connectivity index (χ2n) is 3.73. The first-order valence-electron chi connectivity index (χ1n) is 4.88. The number of carbonyl (C=O) groups excluding carboxylic acids is 2. The van der Waals surface area contributed by atoms with Crippen molar-refractivity contribution < 1.29 is 14.3 Å². The lowest BCUT2D eigenvalue weighted by Gasteiger charge is -2.20. The van der Waals surface area contributed by atoms with E-state index in [4.69, 9.17) is 0 Å². The van der Waals surface area contributed by atoms with E-state index in [1.165, 1.54) is 0 Å². The van der Waals surface area contributed by atoms with Crippen molar-refractivity contribution in [3.8, 4) is 0 Å². The molecule has 0 bridgehead atoms. The van der Waals surface area contributed by atoms with Crippen molar-refractivity contribution in [3.05, 3.63) is 0 Å². The average molecular weight is 201 g/mol. The molecule has 0 unspecified atom stereocenters. The Labute approximate surface area is 85.0 Å². The lowest BCUT2D eigenvalue weighted by Crippen LogP contribution is -2.39. The van der Waals surface area contributed by atoms with Crippen molar-refractivity contribution in [1.29, 1.82) is 0 Å². The summed E-state index contributed by atoms with van der Waals surface area (Å²) in [4.78, 5) is 22.4. The van der Waals surface area contributed by atoms with Gasteiger partial charge in [-0.05, 0) is 13.3 Å². The summed E-state index contributed by atoms with van der Waals surface area (Å²) in [6.45, 7) is 7.64. The Morgan fingerprint density at radius 1 is 1.29 bits per heavy atom. The number of nitrogens with one attached hydrogen (secondary N) is 1. The molecule has 0 aliphatic heterocycles. The minimum absolute atomic E-state index is 0.0455. The number of hydrogen-bond donors (Lipinski definition) is 1. The van der Waals surface area contributed by atoms with Gasteiger partial charge in [-0.3, -0.25) is 9.59 Å². The van der Waals surface area contributed by atoms with Gasteiger partial charge in [0.2, 0.25) is 5.91 Å². The number of ether oxygens (including phenoxy) is 1. The number of amides is 1. The van der Waals surface area contributed by atoms with Gasteiger partial charge in [-0.1, -0.05) is 20.8 Å². The predicted octanol–water partition coefficient (Wildman–Crippen LogP) is 1.10. The number of carbonyl (C=O) groups is 2. The van der Waals surface area contributed by atoms with E-state index in [0.717, 1.165) is 6.42 Å². The van der Waals surface area contributed by atoms with Crippen LogP contribution in [0, 0.1) is 5.41 Å². The van der Waals surface area contributed by atoms with Crippen LogP contribution in [0.15, 0.2) is 0 Å². The number of rotatable bonds is 5. The molecule has 1 N–H and O–H groups in total. The average Bonchev–Trinajstić information content (AvgIpc) is 2.14. The Kier molecular flexibility index (Phi) is 5.20. The summed E-state index contributed by atoms with van der Waals surface area (Å²) >= 11 is 0. The highest BCUT2D eigenvalue weighted by atomic mass is 16.5. The van der Waals surface area contributed by atoms with Gasteiger partial charge >= 0.3 is 5.97 Å². The van der Waals surface area contributed by atoms with Crippen LogP contribution in [0.3, 0.4) is 0 Å². The molecule has 0 aromatic carbocycles. The molecule has 4 nitrogen and oxygen atoms in total. The molecular weight excluding hydrogens is 182 g/mol. The van der Waals surface area contributed by atoms with E-state index in [0.29, 0.717) is 6.61 Å². The van der Waals surface area contributed by atoms with Crippen molar-refractivity contribution in [2.24, 2.45) is 5.41 Å². The summed E-state index contributed by atoms with van der Waals surface area (Å²) in [6, 6.07) is 0. The minimum Gasteiger partial charge on any atom is -0.465 e. The molecule has 0 atom stereocenters. The second kappa shape index (κ2) is 5.62. The van der Waals surface area contributed by atoms with E-state index in [-0.39, 0.29) is 12.5 Å². The second-order valence-corrected chi connectivity index (χ2v) is 3.73. The summed E-state index contributed by atoms with van der Waals surface area (Å²) in [6.07, 6.45) is 0.738. The molecule has 0 aliphatic carbocycles. The SMILES string of the molecule is CCOC(=O)CNC(=O)C(C)(C)CC. The minimum atomic E-state index is -0.424. The molecule has 0 spiro atoms. The zero-order valence-electron chi connectivity index (χ0n) is 9.35. The third-order valence-electron chi connectivity index (χ3n) is 2.20. The monoisotopic (exact) mass is 201 g/mol. The molecule has 0 aromatic heterocycles. The van der Waals surface area contributed by atoms with Gasteiger partial charge in [0.15, 0.2) is 0 Å². The summed E-state index contributed by atoms with van der Waals surface area (Å²) in [5.74, 6) is -0.513. The van der Waals surface area contributed by atoms with Crippen LogP contribution < -0.4 is 5.32 Å². The standard InChI is InChI=1S/C10H19NO3/c1-5-10(3,4)9(13)11-7-8(12)14-6-2/h5-7H2,1-4H3,(H,11,13). The van der Waals surface area contributed by atoms with Gasteiger partial charge in [0.25, 0.3) is 0 Å². The lowest BCUT2D eigenvalue weighted by atomic mass is 9.89. The van der Waals surface area contributed by atoms with Crippen LogP contribution in [-0.4, -0.2) is 25.0 Å². The number of esters is 1. The highest BCUT2D eigenvalue weighted by molar-refractivity contribution is 5.85. The maximum atomic E-state index is 11.5. The maximum absolute atomic E-state index is 11.5. The number of hydrogen-bond acceptors (Lipinski definition) is 3. The van der Waals surface area contributed by atoms with E-state index in [1.54, 1.807) is 6.92 Å². The zero-order valence-corrected chi connectivity index (χ0v) is 9.35. The summed E-state index contributed by atoms with van der Waals surface area (Å²) in [5, 5.41) is 2.54. The molecule has 82 valence electrons.